The van der Waals surface area contributed by atoms with E-state index in [4.69, 9.17) is 4.74 Å². The number of hydrogen-bond donors (Lipinski definition) is 12. The van der Waals surface area contributed by atoms with Crippen molar-refractivity contribution in [1.82, 2.24) is 15.6 Å². The van der Waals surface area contributed by atoms with E-state index < -0.39 is 53.0 Å². The van der Waals surface area contributed by atoms with Crippen molar-refractivity contribution >= 4 is 28.0 Å². The zero-order valence-electron chi connectivity index (χ0n) is 56.9. The minimum atomic E-state index is -1.94. The number of nitrogens with one attached hydrogen (secondary N) is 4. The molecule has 3 saturated carbocycles. The van der Waals surface area contributed by atoms with E-state index in [1.807, 2.05) is 48.5 Å². The van der Waals surface area contributed by atoms with Crippen molar-refractivity contribution < 1.29 is 55.2 Å². The molecule has 13 rings (SSSR count). The summed E-state index contributed by atoms with van der Waals surface area (Å²) in [5.41, 5.74) is 8.32. The Kier molecular flexibility index (Phi) is 21.0. The highest BCUT2D eigenvalue weighted by Crippen LogP contribution is 2.54. The lowest BCUT2D eigenvalue weighted by Gasteiger charge is -2.46. The number of hydrogen-bond acceptors (Lipinski definition) is 14. The van der Waals surface area contributed by atoms with Crippen LogP contribution in [0.15, 0.2) is 121 Å². The number of H-pyrrole nitrogens is 1. The number of phenolic OH excluding ortho intramolecular Hbond substituents is 2. The predicted molar refractivity (Wildman–Crippen MR) is 380 cm³/mol. The number of ether oxygens (including phenoxy) is 1. The topological polar surface area (TPSA) is 257 Å². The number of aromatic hydroxyl groups is 3. The fourth-order valence-corrected chi connectivity index (χ4v) is 18.7. The number of aryl methyl sites for hydroxylation is 1. The number of benzene rings is 5. The summed E-state index contributed by atoms with van der Waals surface area (Å²) in [5.74, 6) is 11.0. The number of aromatic nitrogens is 1. The molecule has 516 valence electrons. The first kappa shape index (κ1) is 68.7. The van der Waals surface area contributed by atoms with Crippen molar-refractivity contribution in [2.45, 2.75) is 171 Å². The Morgan fingerprint density at radius 3 is 2.36 bits per heavy atom. The molecule has 6 aromatic rings. The predicted octanol–water partition coefficient (Wildman–Crippen LogP) is 11.8. The van der Waals surface area contributed by atoms with E-state index in [0.29, 0.717) is 92.2 Å². The SMILES string of the molecule is CCC[C@H]1[C@@H]2C[C@@H]3C[C@H]4C#C[C@@H](c5cc(O)c(OC)cc5CCC(=O)[C@@H](O)C(=O)[C@@H]4C2)c2ccccc2[C@H]2C[C@H](CO)[C@H](Cc4cccc(O)c4CO)[C@@H](C#CC[C@@H]3C3=CCNC(=C3)Nc3ccc4ccc(c(O)c4c3)C[C@H](O)CNC[C@@H](C)c3c[nH]c(c3)C3(CCCCC3)[C@@H]1O)C2. The van der Waals surface area contributed by atoms with Gasteiger partial charge < -0.3 is 66.5 Å². The number of Topliss-reactive ketones (excluding diaryl/α,β-unsaturated/α-hetero) is 2. The molecule has 13 bridgehead atoms. The minimum Gasteiger partial charge on any atom is -0.508 e. The summed E-state index contributed by atoms with van der Waals surface area (Å²) in [6, 6.07) is 29.0. The van der Waals surface area contributed by atoms with Crippen molar-refractivity contribution in [3.05, 3.63) is 171 Å². The smallest absolute Gasteiger partial charge is 0.173 e. The number of carbonyl (C=O) groups excluding carboxylic acids is 2. The van der Waals surface area contributed by atoms with Crippen molar-refractivity contribution in [2.75, 3.05) is 38.7 Å². The maximum atomic E-state index is 15.9. The fraction of sp³-hybridized carbons (Fsp3) is 0.494. The number of carbonyl (C=O) groups is 2. The van der Waals surface area contributed by atoms with Gasteiger partial charge in [-0.2, -0.15) is 0 Å². The molecule has 3 heterocycles. The van der Waals surface area contributed by atoms with Crippen molar-refractivity contribution in [3.8, 4) is 46.7 Å². The van der Waals surface area contributed by atoms with Gasteiger partial charge in [0.15, 0.2) is 29.2 Å². The normalized spacial score (nSPS) is 29.7. The minimum absolute atomic E-state index is 0.0128. The number of aliphatic hydroxyl groups is 5. The molecule has 5 aliphatic carbocycles. The summed E-state index contributed by atoms with van der Waals surface area (Å²) in [5, 5.41) is 108. The highest BCUT2D eigenvalue weighted by atomic mass is 16.5. The molecule has 3 fully saturated rings. The zero-order valence-corrected chi connectivity index (χ0v) is 56.9. The molecule has 1 aromatic heterocycles. The molecule has 0 saturated heterocycles. The number of fused-ring (bicyclic) bond motifs is 16. The van der Waals surface area contributed by atoms with Crippen LogP contribution in [0, 0.1) is 76.9 Å². The van der Waals surface area contributed by atoms with Crippen LogP contribution in [0.25, 0.3) is 10.8 Å². The summed E-state index contributed by atoms with van der Waals surface area (Å²) < 4.78 is 5.73. The van der Waals surface area contributed by atoms with Crippen molar-refractivity contribution in [2.24, 2.45) is 53.3 Å². The summed E-state index contributed by atoms with van der Waals surface area (Å²) in [6.45, 7) is 5.19. The second-order valence-electron chi connectivity index (χ2n) is 29.7. The van der Waals surface area contributed by atoms with Gasteiger partial charge in [0.25, 0.3) is 0 Å². The van der Waals surface area contributed by atoms with Gasteiger partial charge >= 0.3 is 0 Å². The lowest BCUT2D eigenvalue weighted by atomic mass is 9.61. The number of aromatic amines is 1. The van der Waals surface area contributed by atoms with Crippen LogP contribution in [0.2, 0.25) is 0 Å². The van der Waals surface area contributed by atoms with E-state index in [2.05, 4.69) is 95.0 Å². The van der Waals surface area contributed by atoms with Crippen LogP contribution >= 0.6 is 0 Å². The summed E-state index contributed by atoms with van der Waals surface area (Å²) in [7, 11) is 1.48. The quantitative estimate of drug-likeness (QED) is 0.0525. The Labute approximate surface area is 576 Å². The molecular weight excluding hydrogens is 1230 g/mol. The Morgan fingerprint density at radius 1 is 0.745 bits per heavy atom. The van der Waals surface area contributed by atoms with Gasteiger partial charge in [0.2, 0.25) is 0 Å². The lowest BCUT2D eigenvalue weighted by molar-refractivity contribution is -0.142. The maximum Gasteiger partial charge on any atom is 0.173 e. The first-order valence-electron chi connectivity index (χ1n) is 36.2. The molecule has 7 aliphatic rings. The average Bonchev–Trinajstić information content (AvgIpc) is 1.36. The molecule has 0 unspecified atom stereocenters. The zero-order chi connectivity index (χ0) is 68.4. The maximum absolute atomic E-state index is 15.9. The van der Waals surface area contributed by atoms with Gasteiger partial charge in [0.05, 0.1) is 31.8 Å². The monoisotopic (exact) mass is 1330 g/mol. The number of phenols is 3. The van der Waals surface area contributed by atoms with Gasteiger partial charge in [-0.05, 0) is 204 Å². The van der Waals surface area contributed by atoms with Gasteiger partial charge in [-0.1, -0.05) is 118 Å². The molecule has 5 aromatic carbocycles. The van der Waals surface area contributed by atoms with E-state index in [0.717, 1.165) is 88.9 Å². The van der Waals surface area contributed by atoms with Gasteiger partial charge in [0.1, 0.15) is 17.3 Å². The molecule has 0 radical (unpaired) electrons. The van der Waals surface area contributed by atoms with Crippen molar-refractivity contribution in [1.29, 1.82) is 0 Å². The first-order chi connectivity index (χ1) is 47.6. The molecule has 12 N–H and O–H groups in total. The molecule has 15 atom stereocenters. The molecule has 98 heavy (non-hydrogen) atoms. The number of β-amino-alcohol motifs (C(OH)–C–C–N with tert-alkyl or cyclic N) is 1. The third-order valence-corrected chi connectivity index (χ3v) is 24.0. The number of ketones is 2. The average molecular weight is 1330 g/mol. The van der Waals surface area contributed by atoms with Crippen LogP contribution < -0.4 is 20.7 Å². The number of dihydropyridines is 1. The molecule has 2 aliphatic heterocycles. The number of methoxy groups -OCH3 is 1. The Balaban J connectivity index is 1.04. The van der Waals surface area contributed by atoms with E-state index in [1.165, 1.54) is 7.11 Å². The van der Waals surface area contributed by atoms with Crippen LogP contribution in [0.1, 0.15) is 172 Å². The van der Waals surface area contributed by atoms with Crippen LogP contribution in [0.3, 0.4) is 0 Å². The standard InChI is InChI=1S/C83H98N4O11/c1-4-12-65-58-33-56-32-52-22-25-67(69-42-75(93)76(98-3)38-53(69)23-26-74(92)81(96)80(95)70(52)37-58)66-16-7-6-15-64(66)57-31-50(68(60(34-57)46-88)36-51-14-11-18-73(91)72(51)47-89)13-10-17-63(56)54-27-30-85-78(40-54)87-61-24-21-49-19-20-55(79(94)71(49)41-61)35-62(90)45-84-43-48(2)59-39-77(86-44-59)83(82(65)97)28-8-5-9-29-83/h6-7,11,14-16,18-21,24,27,38-42,44,48,50,52,56-58,60,62-63,65,67-68,70,81-82,84-91,93-94,96-97H,4-5,8-9,12,17,23,26,28-37,43,45-47H2,1-3H3/t48-,50+,52-,56+,57-,58-,60-,62+,63-,65+,67-,68-,70-,81-,82-/m1/s1. The largest absolute Gasteiger partial charge is 0.508 e. The Bertz CT molecular complexity index is 4100. The van der Waals surface area contributed by atoms with Crippen LogP contribution in [-0.2, 0) is 40.9 Å². The Morgan fingerprint density at radius 2 is 1.56 bits per heavy atom. The molecular formula is C83H98N4O11. The van der Waals surface area contributed by atoms with Crippen molar-refractivity contribution in [3.63, 3.8) is 0 Å². The highest BCUT2D eigenvalue weighted by molar-refractivity contribution is 6.06. The fourth-order valence-electron chi connectivity index (χ4n) is 18.7. The number of rotatable bonds is 7. The van der Waals surface area contributed by atoms with Gasteiger partial charge in [-0.15, -0.1) is 5.92 Å². The first-order valence-corrected chi connectivity index (χ1v) is 36.2. The summed E-state index contributed by atoms with van der Waals surface area (Å²) >= 11 is 0. The molecule has 1 spiro atoms. The van der Waals surface area contributed by atoms with E-state index in [1.54, 1.807) is 24.3 Å². The molecule has 0 amide bonds. The number of anilines is 1. The number of allylic oxidation sites excluding steroid dienone is 2. The van der Waals surface area contributed by atoms with Crippen LogP contribution in [0.5, 0.6) is 23.0 Å². The van der Waals surface area contributed by atoms with Gasteiger partial charge in [-0.25, -0.2) is 0 Å². The molecule has 15 heteroatoms. The Hall–Kier alpha value is -7.86. The van der Waals surface area contributed by atoms with E-state index in [-0.39, 0.29) is 115 Å². The summed E-state index contributed by atoms with van der Waals surface area (Å²) in [4.78, 5) is 34.5. The van der Waals surface area contributed by atoms with Crippen LogP contribution in [-0.4, -0.2) is 109 Å². The third kappa shape index (κ3) is 13.9. The van der Waals surface area contributed by atoms with E-state index >= 15 is 4.79 Å². The third-order valence-electron chi connectivity index (χ3n) is 24.0. The lowest BCUT2D eigenvalue weighted by Crippen LogP contribution is -2.48. The van der Waals surface area contributed by atoms with Gasteiger partial charge in [-0.3, -0.25) is 9.59 Å². The highest BCUT2D eigenvalue weighted by Gasteiger charge is 2.51. The number of aliphatic hydroxyl groups excluding tert-OH is 5. The van der Waals surface area contributed by atoms with Crippen LogP contribution in [0.4, 0.5) is 5.69 Å². The second kappa shape index (κ2) is 29.9. The summed E-state index contributed by atoms with van der Waals surface area (Å²) in [6.07, 6.45) is 12.2. The van der Waals surface area contributed by atoms with Gasteiger partial charge in [0, 0.05) is 97.2 Å². The second-order valence-corrected chi connectivity index (χ2v) is 29.7. The van der Waals surface area contributed by atoms with E-state index in [9.17, 15) is 45.6 Å². The molecule has 15 nitrogen and oxygen atoms in total.